The van der Waals surface area contributed by atoms with Gasteiger partial charge in [-0.05, 0) is 47.8 Å². The lowest BCUT2D eigenvalue weighted by Crippen LogP contribution is -2.42. The van der Waals surface area contributed by atoms with Gasteiger partial charge in [0.15, 0.2) is 11.5 Å². The summed E-state index contributed by atoms with van der Waals surface area (Å²) in [4.78, 5) is 49.4. The molecule has 3 N–H and O–H groups in total. The molecule has 0 aromatic heterocycles. The van der Waals surface area contributed by atoms with E-state index in [0.29, 0.717) is 17.9 Å². The van der Waals surface area contributed by atoms with Gasteiger partial charge < -0.3 is 34.5 Å². The van der Waals surface area contributed by atoms with E-state index < -0.39 is 48.2 Å². The summed E-state index contributed by atoms with van der Waals surface area (Å²) in [7, 11) is 0. The van der Waals surface area contributed by atoms with Crippen LogP contribution in [0.3, 0.4) is 0 Å². The van der Waals surface area contributed by atoms with Crippen molar-refractivity contribution >= 4 is 24.2 Å². The molecule has 0 radical (unpaired) electrons. The monoisotopic (exact) mass is 595 g/mol. The van der Waals surface area contributed by atoms with E-state index in [4.69, 9.17) is 29.4 Å². The van der Waals surface area contributed by atoms with Crippen molar-refractivity contribution in [2.24, 2.45) is 28.4 Å². The molecule has 0 aliphatic carbocycles. The van der Waals surface area contributed by atoms with Crippen molar-refractivity contribution in [2.75, 3.05) is 13.2 Å². The average Bonchev–Trinajstić information content (AvgIpc) is 2.85. The number of aliphatic carboxylic acids is 1. The highest BCUT2D eigenvalue weighted by atomic mass is 16.7. The van der Waals surface area contributed by atoms with Crippen molar-refractivity contribution in [3.63, 3.8) is 0 Å². The highest BCUT2D eigenvalue weighted by Crippen LogP contribution is 2.37. The number of benzene rings is 1. The van der Waals surface area contributed by atoms with E-state index in [1.807, 2.05) is 55.4 Å². The molecular weight excluding hydrogens is 546 g/mol. The maximum absolute atomic E-state index is 12.6. The molecule has 1 aromatic rings. The second-order valence-corrected chi connectivity index (χ2v) is 13.5. The number of ether oxygens (including phenoxy) is 5. The maximum Gasteiger partial charge on any atom is 0.513 e. The summed E-state index contributed by atoms with van der Waals surface area (Å²) in [5.74, 6) is -3.14. The van der Waals surface area contributed by atoms with Crippen LogP contribution in [0.1, 0.15) is 93.6 Å². The van der Waals surface area contributed by atoms with Gasteiger partial charge in [-0.2, -0.15) is 0 Å². The second kappa shape index (κ2) is 15.8. The van der Waals surface area contributed by atoms with E-state index in [0.717, 1.165) is 0 Å². The summed E-state index contributed by atoms with van der Waals surface area (Å²) in [5.41, 5.74) is 5.83. The first-order chi connectivity index (χ1) is 19.2. The van der Waals surface area contributed by atoms with Gasteiger partial charge in [-0.25, -0.2) is 9.59 Å². The minimum atomic E-state index is -1.40. The Labute approximate surface area is 249 Å². The Bertz CT molecular complexity index is 1070. The first kappa shape index (κ1) is 36.7. The van der Waals surface area contributed by atoms with Crippen LogP contribution in [0.15, 0.2) is 18.2 Å². The Balaban J connectivity index is 3.41. The highest BCUT2D eigenvalue weighted by Gasteiger charge is 2.36. The van der Waals surface area contributed by atoms with Crippen LogP contribution in [-0.4, -0.2) is 54.7 Å². The van der Waals surface area contributed by atoms with Gasteiger partial charge in [-0.3, -0.25) is 9.59 Å². The van der Waals surface area contributed by atoms with Gasteiger partial charge in [-0.15, -0.1) is 0 Å². The molecule has 0 fully saturated rings. The quantitative estimate of drug-likeness (QED) is 0.149. The molecule has 42 heavy (non-hydrogen) atoms. The van der Waals surface area contributed by atoms with E-state index in [1.54, 1.807) is 13.8 Å². The van der Waals surface area contributed by atoms with Crippen LogP contribution in [0.5, 0.6) is 11.5 Å². The summed E-state index contributed by atoms with van der Waals surface area (Å²) >= 11 is 0. The number of carboxylic acid groups (broad SMARTS) is 1. The zero-order valence-corrected chi connectivity index (χ0v) is 26.6. The van der Waals surface area contributed by atoms with E-state index in [1.165, 1.54) is 18.2 Å². The smallest absolute Gasteiger partial charge is 0.480 e. The number of carboxylic acids is 1. The topological polar surface area (TPSA) is 161 Å². The maximum atomic E-state index is 12.6. The SMILES string of the molecule is CC(C)CCC(=O)OC(C)C(C)C(c1ccc(OC(=O)OCC(C)(C)C)c(OC(=O)OCC(C)(C)C)c1)[C@H](N)C(=O)O. The summed E-state index contributed by atoms with van der Waals surface area (Å²) in [6.45, 7) is 18.8. The molecule has 3 unspecified atom stereocenters. The van der Waals surface area contributed by atoms with Crippen molar-refractivity contribution in [3.05, 3.63) is 23.8 Å². The van der Waals surface area contributed by atoms with Crippen LogP contribution in [0.4, 0.5) is 9.59 Å². The van der Waals surface area contributed by atoms with E-state index >= 15 is 0 Å². The Morgan fingerprint density at radius 3 is 1.79 bits per heavy atom. The molecule has 0 aliphatic rings. The molecule has 238 valence electrons. The third-order valence-corrected chi connectivity index (χ3v) is 6.21. The van der Waals surface area contributed by atoms with Crippen LogP contribution >= 0.6 is 0 Å². The van der Waals surface area contributed by atoms with Gasteiger partial charge in [0.2, 0.25) is 0 Å². The molecule has 4 atom stereocenters. The number of hydrogen-bond donors (Lipinski definition) is 2. The molecule has 0 saturated carbocycles. The predicted octanol–water partition coefficient (Wildman–Crippen LogP) is 6.31. The van der Waals surface area contributed by atoms with Gasteiger partial charge in [0.1, 0.15) is 12.1 Å². The lowest BCUT2D eigenvalue weighted by molar-refractivity contribution is -0.151. The normalized spacial score (nSPS) is 14.8. The number of esters is 1. The fourth-order valence-electron chi connectivity index (χ4n) is 3.75. The molecule has 11 heteroatoms. The molecule has 0 heterocycles. The number of carbonyl (C=O) groups is 4. The molecule has 0 aliphatic heterocycles. The molecule has 0 spiro atoms. The molecular formula is C31H49NO10. The largest absolute Gasteiger partial charge is 0.513 e. The first-order valence-electron chi connectivity index (χ1n) is 14.2. The van der Waals surface area contributed by atoms with Gasteiger partial charge in [0.05, 0.1) is 13.2 Å². The first-order valence-corrected chi connectivity index (χ1v) is 14.2. The van der Waals surface area contributed by atoms with Gasteiger partial charge in [-0.1, -0.05) is 68.4 Å². The van der Waals surface area contributed by atoms with Crippen molar-refractivity contribution in [1.82, 2.24) is 0 Å². The van der Waals surface area contributed by atoms with Crippen LogP contribution in [0, 0.1) is 22.7 Å². The Hall–Kier alpha value is -3.34. The summed E-state index contributed by atoms with van der Waals surface area (Å²) in [6.07, 6.45) is -1.86. The van der Waals surface area contributed by atoms with Crippen molar-refractivity contribution in [1.29, 1.82) is 0 Å². The van der Waals surface area contributed by atoms with E-state index in [9.17, 15) is 24.3 Å². The predicted molar refractivity (Wildman–Crippen MR) is 156 cm³/mol. The van der Waals surface area contributed by atoms with Gasteiger partial charge >= 0.3 is 24.2 Å². The molecule has 0 amide bonds. The number of hydrogen-bond acceptors (Lipinski definition) is 10. The second-order valence-electron chi connectivity index (χ2n) is 13.5. The lowest BCUT2D eigenvalue weighted by Gasteiger charge is -2.32. The lowest BCUT2D eigenvalue weighted by atomic mass is 9.79. The zero-order valence-electron chi connectivity index (χ0n) is 26.6. The molecule has 1 aromatic carbocycles. The highest BCUT2D eigenvalue weighted by molar-refractivity contribution is 5.75. The van der Waals surface area contributed by atoms with Crippen LogP contribution in [0.25, 0.3) is 0 Å². The third kappa shape index (κ3) is 13.5. The van der Waals surface area contributed by atoms with Crippen LogP contribution in [0.2, 0.25) is 0 Å². The minimum Gasteiger partial charge on any atom is -0.480 e. The van der Waals surface area contributed by atoms with Gasteiger partial charge in [0, 0.05) is 18.3 Å². The van der Waals surface area contributed by atoms with Crippen molar-refractivity contribution < 1.29 is 48.0 Å². The van der Waals surface area contributed by atoms with Crippen molar-refractivity contribution in [3.8, 4) is 11.5 Å². The Morgan fingerprint density at radius 1 is 0.833 bits per heavy atom. The number of carbonyl (C=O) groups excluding carboxylic acids is 3. The van der Waals surface area contributed by atoms with E-state index in [-0.39, 0.29) is 42.0 Å². The Kier molecular flexibility index (Phi) is 13.8. The molecule has 11 nitrogen and oxygen atoms in total. The number of nitrogens with two attached hydrogens (primary N) is 1. The summed E-state index contributed by atoms with van der Waals surface area (Å²) in [5, 5.41) is 9.81. The van der Waals surface area contributed by atoms with Crippen LogP contribution < -0.4 is 15.2 Å². The third-order valence-electron chi connectivity index (χ3n) is 6.21. The zero-order chi connectivity index (χ0) is 32.4. The van der Waals surface area contributed by atoms with Crippen LogP contribution in [-0.2, 0) is 23.8 Å². The number of rotatable bonds is 13. The molecule has 1 rings (SSSR count). The average molecular weight is 596 g/mol. The standard InChI is InChI=1S/C31H49NO10/c1-18(2)11-14-24(33)40-20(4)19(3)25(26(32)27(34)35)21-12-13-22(41-28(36)38-16-30(5,6)7)23(15-21)42-29(37)39-17-31(8,9)10/h12-13,15,18-20,25-26H,11,14,16-17,32H2,1-10H3,(H,34,35)/t19?,20?,25?,26-/m0/s1. The summed E-state index contributed by atoms with van der Waals surface area (Å²) in [6, 6.07) is 2.83. The fourth-order valence-corrected chi connectivity index (χ4v) is 3.75. The van der Waals surface area contributed by atoms with E-state index in [2.05, 4.69) is 0 Å². The fraction of sp³-hybridized carbons (Fsp3) is 0.677. The summed E-state index contributed by atoms with van der Waals surface area (Å²) < 4.78 is 26.7. The molecule has 0 saturated heterocycles. The van der Waals surface area contributed by atoms with Crippen molar-refractivity contribution in [2.45, 2.75) is 100 Å². The molecule has 0 bridgehead atoms. The van der Waals surface area contributed by atoms with Gasteiger partial charge in [0.25, 0.3) is 0 Å². The minimum absolute atomic E-state index is 0.0541. The Morgan fingerprint density at radius 2 is 1.33 bits per heavy atom.